The summed E-state index contributed by atoms with van der Waals surface area (Å²) in [6, 6.07) is 6.42. The van der Waals surface area contributed by atoms with Crippen LogP contribution >= 0.6 is 12.2 Å². The standard InChI is InChI=1S/C11H14FNS/c1-11(2,10(13)14)7-8-3-5-9(12)6-4-8/h3-6H,7H2,1-2H3,(H2,13,14). The van der Waals surface area contributed by atoms with Crippen LogP contribution in [-0.2, 0) is 6.42 Å². The minimum atomic E-state index is -0.220. The van der Waals surface area contributed by atoms with Crippen LogP contribution in [-0.4, -0.2) is 4.99 Å². The molecule has 3 heteroatoms. The molecule has 1 aromatic carbocycles. The Morgan fingerprint density at radius 1 is 1.36 bits per heavy atom. The highest BCUT2D eigenvalue weighted by Gasteiger charge is 2.21. The van der Waals surface area contributed by atoms with Crippen molar-refractivity contribution >= 4 is 17.2 Å². The lowest BCUT2D eigenvalue weighted by Gasteiger charge is -2.22. The molecule has 0 radical (unpaired) electrons. The molecule has 0 aliphatic rings. The first-order valence-electron chi connectivity index (χ1n) is 4.46. The lowest BCUT2D eigenvalue weighted by molar-refractivity contribution is 0.522. The predicted octanol–water partition coefficient (Wildman–Crippen LogP) is 2.68. The molecule has 2 N–H and O–H groups in total. The summed E-state index contributed by atoms with van der Waals surface area (Å²) in [7, 11) is 0. The van der Waals surface area contributed by atoms with E-state index < -0.39 is 0 Å². The van der Waals surface area contributed by atoms with Gasteiger partial charge in [-0.2, -0.15) is 0 Å². The zero-order chi connectivity index (χ0) is 10.8. The zero-order valence-corrected chi connectivity index (χ0v) is 9.20. The monoisotopic (exact) mass is 211 g/mol. The molecule has 0 bridgehead atoms. The van der Waals surface area contributed by atoms with Gasteiger partial charge in [0.1, 0.15) is 5.82 Å². The first-order chi connectivity index (χ1) is 6.42. The van der Waals surface area contributed by atoms with Gasteiger partial charge in [0.15, 0.2) is 0 Å². The summed E-state index contributed by atoms with van der Waals surface area (Å²) in [5.74, 6) is -0.220. The number of nitrogens with two attached hydrogens (primary N) is 1. The van der Waals surface area contributed by atoms with Crippen molar-refractivity contribution in [3.05, 3.63) is 35.6 Å². The number of hydrogen-bond acceptors (Lipinski definition) is 1. The Bertz CT molecular complexity index is 330. The fraction of sp³-hybridized carbons (Fsp3) is 0.364. The van der Waals surface area contributed by atoms with E-state index in [1.165, 1.54) is 12.1 Å². The van der Waals surface area contributed by atoms with Gasteiger partial charge < -0.3 is 5.73 Å². The molecule has 0 aliphatic heterocycles. The summed E-state index contributed by atoms with van der Waals surface area (Å²) >= 11 is 4.96. The Labute approximate surface area is 89.1 Å². The molecule has 0 amide bonds. The van der Waals surface area contributed by atoms with Crippen LogP contribution in [0.1, 0.15) is 19.4 Å². The third-order valence-corrected chi connectivity index (χ3v) is 2.78. The molecule has 0 saturated heterocycles. The molecule has 0 unspecified atom stereocenters. The second kappa shape index (κ2) is 4.05. The van der Waals surface area contributed by atoms with Gasteiger partial charge in [-0.25, -0.2) is 4.39 Å². The molecule has 0 saturated carbocycles. The third-order valence-electron chi connectivity index (χ3n) is 2.23. The molecule has 76 valence electrons. The maximum Gasteiger partial charge on any atom is 0.123 e. The Balaban J connectivity index is 2.79. The van der Waals surface area contributed by atoms with Gasteiger partial charge in [0.25, 0.3) is 0 Å². The van der Waals surface area contributed by atoms with Gasteiger partial charge in [-0.15, -0.1) is 0 Å². The van der Waals surface area contributed by atoms with Crippen molar-refractivity contribution in [3.8, 4) is 0 Å². The van der Waals surface area contributed by atoms with Gasteiger partial charge >= 0.3 is 0 Å². The fourth-order valence-corrected chi connectivity index (χ4v) is 1.27. The normalized spacial score (nSPS) is 11.4. The van der Waals surface area contributed by atoms with E-state index in [2.05, 4.69) is 0 Å². The highest BCUT2D eigenvalue weighted by Crippen LogP contribution is 2.22. The van der Waals surface area contributed by atoms with Crippen LogP contribution in [0.2, 0.25) is 0 Å². The molecular formula is C11H14FNS. The number of thiocarbonyl (C=S) groups is 1. The number of benzene rings is 1. The van der Waals surface area contributed by atoms with Crippen molar-refractivity contribution in [3.63, 3.8) is 0 Å². The van der Waals surface area contributed by atoms with E-state index in [9.17, 15) is 4.39 Å². The molecule has 0 spiro atoms. The van der Waals surface area contributed by atoms with Crippen molar-refractivity contribution in [1.29, 1.82) is 0 Å². The van der Waals surface area contributed by atoms with Crippen molar-refractivity contribution in [2.75, 3.05) is 0 Å². The largest absolute Gasteiger partial charge is 0.393 e. The molecule has 1 nitrogen and oxygen atoms in total. The van der Waals surface area contributed by atoms with Crippen LogP contribution in [0.4, 0.5) is 4.39 Å². The SMILES string of the molecule is CC(C)(Cc1ccc(F)cc1)C(N)=S. The van der Waals surface area contributed by atoms with E-state index in [0.717, 1.165) is 12.0 Å². The summed E-state index contributed by atoms with van der Waals surface area (Å²) < 4.78 is 12.6. The number of halogens is 1. The van der Waals surface area contributed by atoms with Gasteiger partial charge in [0.05, 0.1) is 4.99 Å². The second-order valence-electron chi connectivity index (χ2n) is 4.05. The quantitative estimate of drug-likeness (QED) is 0.778. The summed E-state index contributed by atoms with van der Waals surface area (Å²) in [5, 5.41) is 0. The Morgan fingerprint density at radius 2 is 1.86 bits per heavy atom. The highest BCUT2D eigenvalue weighted by molar-refractivity contribution is 7.80. The fourth-order valence-electron chi connectivity index (χ4n) is 1.20. The maximum absolute atomic E-state index is 12.6. The first kappa shape index (κ1) is 11.1. The summed E-state index contributed by atoms with van der Waals surface area (Å²) in [6.07, 6.45) is 0.739. The van der Waals surface area contributed by atoms with Crippen LogP contribution in [0, 0.1) is 11.2 Å². The van der Waals surface area contributed by atoms with Crippen LogP contribution in [0.5, 0.6) is 0 Å². The third kappa shape index (κ3) is 2.77. The maximum atomic E-state index is 12.6. The topological polar surface area (TPSA) is 26.0 Å². The molecule has 1 rings (SSSR count). The molecule has 0 atom stereocenters. The molecule has 0 aliphatic carbocycles. The van der Waals surface area contributed by atoms with Gasteiger partial charge in [-0.05, 0) is 24.1 Å². The lowest BCUT2D eigenvalue weighted by Crippen LogP contribution is -2.31. The minimum absolute atomic E-state index is 0.215. The predicted molar refractivity (Wildman–Crippen MR) is 60.7 cm³/mol. The Morgan fingerprint density at radius 3 is 2.29 bits per heavy atom. The van der Waals surface area contributed by atoms with Crippen molar-refractivity contribution in [2.45, 2.75) is 20.3 Å². The van der Waals surface area contributed by atoms with Crippen LogP contribution in [0.3, 0.4) is 0 Å². The van der Waals surface area contributed by atoms with Gasteiger partial charge in [0, 0.05) is 5.41 Å². The van der Waals surface area contributed by atoms with Gasteiger partial charge in [-0.3, -0.25) is 0 Å². The summed E-state index contributed by atoms with van der Waals surface area (Å²) in [6.45, 7) is 3.97. The molecule has 1 aromatic rings. The molecular weight excluding hydrogens is 197 g/mol. The van der Waals surface area contributed by atoms with Crippen LogP contribution < -0.4 is 5.73 Å². The van der Waals surface area contributed by atoms with Crippen LogP contribution in [0.25, 0.3) is 0 Å². The molecule has 0 fully saturated rings. The average molecular weight is 211 g/mol. The molecule has 0 heterocycles. The smallest absolute Gasteiger partial charge is 0.123 e. The van der Waals surface area contributed by atoms with E-state index in [0.29, 0.717) is 4.99 Å². The number of hydrogen-bond donors (Lipinski definition) is 1. The van der Waals surface area contributed by atoms with Crippen molar-refractivity contribution < 1.29 is 4.39 Å². The second-order valence-corrected chi connectivity index (χ2v) is 4.49. The molecule has 0 aromatic heterocycles. The van der Waals surface area contributed by atoms with E-state index >= 15 is 0 Å². The van der Waals surface area contributed by atoms with E-state index in [1.807, 2.05) is 13.8 Å². The summed E-state index contributed by atoms with van der Waals surface area (Å²) in [4.78, 5) is 0.488. The lowest BCUT2D eigenvalue weighted by atomic mass is 9.86. The van der Waals surface area contributed by atoms with Gasteiger partial charge in [0.2, 0.25) is 0 Å². The highest BCUT2D eigenvalue weighted by atomic mass is 32.1. The van der Waals surface area contributed by atoms with Gasteiger partial charge in [-0.1, -0.05) is 38.2 Å². The molecule has 14 heavy (non-hydrogen) atoms. The van der Waals surface area contributed by atoms with E-state index in [4.69, 9.17) is 18.0 Å². The zero-order valence-electron chi connectivity index (χ0n) is 8.38. The summed E-state index contributed by atoms with van der Waals surface area (Å²) in [5.41, 5.74) is 6.44. The van der Waals surface area contributed by atoms with E-state index in [-0.39, 0.29) is 11.2 Å². The van der Waals surface area contributed by atoms with Crippen molar-refractivity contribution in [2.24, 2.45) is 11.1 Å². The Kier molecular flexibility index (Phi) is 3.21. The minimum Gasteiger partial charge on any atom is -0.393 e. The van der Waals surface area contributed by atoms with E-state index in [1.54, 1.807) is 12.1 Å². The van der Waals surface area contributed by atoms with Crippen LogP contribution in [0.15, 0.2) is 24.3 Å². The van der Waals surface area contributed by atoms with Crippen molar-refractivity contribution in [1.82, 2.24) is 0 Å². The average Bonchev–Trinajstić information content (AvgIpc) is 2.08. The first-order valence-corrected chi connectivity index (χ1v) is 4.87. The Hall–Kier alpha value is -0.960. The number of rotatable bonds is 3.